The molecule has 0 unspecified atom stereocenters. The summed E-state index contributed by atoms with van der Waals surface area (Å²) in [6, 6.07) is 12.0. The Morgan fingerprint density at radius 3 is 1.00 bits per heavy atom. The fraction of sp³-hybridized carbons (Fsp3) is 0.300. The minimum absolute atomic E-state index is 1.25. The van der Waals surface area contributed by atoms with Crippen LogP contribution in [0.4, 0.5) is 0 Å². The number of benzene rings is 1. The van der Waals surface area contributed by atoms with Crippen molar-refractivity contribution in [3.63, 3.8) is 0 Å². The van der Waals surface area contributed by atoms with Crippen LogP contribution in [-0.4, -0.2) is 6.79 Å². The Bertz CT molecular complexity index is 98.8. The van der Waals surface area contributed by atoms with Crippen LogP contribution >= 0.6 is 0 Å². The lowest BCUT2D eigenvalue weighted by Crippen LogP contribution is -1.47. The first-order valence-corrected chi connectivity index (χ1v) is 3.70. The minimum atomic E-state index is 1.25. The first kappa shape index (κ1) is 12.6. The van der Waals surface area contributed by atoms with E-state index in [1.54, 1.807) is 0 Å². The Morgan fingerprint density at radius 2 is 0.909 bits per heavy atom. The van der Waals surface area contributed by atoms with E-state index in [0.29, 0.717) is 0 Å². The van der Waals surface area contributed by atoms with Gasteiger partial charge in [-0.05, 0) is 0 Å². The van der Waals surface area contributed by atoms with Gasteiger partial charge in [-0.3, -0.25) is 0 Å². The van der Waals surface area contributed by atoms with E-state index in [9.17, 15) is 0 Å². The maximum atomic E-state index is 8.00. The third kappa shape index (κ3) is 17.6. The van der Waals surface area contributed by atoms with Crippen molar-refractivity contribution < 1.29 is 4.79 Å². The number of hydrogen-bond donors (Lipinski definition) is 0. The van der Waals surface area contributed by atoms with E-state index in [-0.39, 0.29) is 0 Å². The van der Waals surface area contributed by atoms with Crippen LogP contribution in [0, 0.1) is 0 Å². The molecule has 1 nitrogen and oxygen atoms in total. The molecule has 0 spiro atoms. The fourth-order valence-electron chi connectivity index (χ4n) is 0.385. The lowest BCUT2D eigenvalue weighted by Gasteiger charge is -1.69. The van der Waals surface area contributed by atoms with Gasteiger partial charge in [0.2, 0.25) is 0 Å². The van der Waals surface area contributed by atoms with Gasteiger partial charge in [0.1, 0.15) is 6.79 Å². The van der Waals surface area contributed by atoms with E-state index < -0.39 is 0 Å². The van der Waals surface area contributed by atoms with Gasteiger partial charge in [0.25, 0.3) is 0 Å². The lowest BCUT2D eigenvalue weighted by atomic mass is 10.4. The molecule has 11 heavy (non-hydrogen) atoms. The molecule has 0 saturated carbocycles. The van der Waals surface area contributed by atoms with E-state index in [0.717, 1.165) is 0 Å². The van der Waals surface area contributed by atoms with Gasteiger partial charge in [-0.25, -0.2) is 0 Å². The first-order chi connectivity index (χ1) is 5.41. The van der Waals surface area contributed by atoms with Crippen molar-refractivity contribution in [3.8, 4) is 0 Å². The van der Waals surface area contributed by atoms with Crippen molar-refractivity contribution in [2.24, 2.45) is 0 Å². The molecule has 0 aliphatic carbocycles. The molecule has 1 aromatic rings. The van der Waals surface area contributed by atoms with E-state index in [1.165, 1.54) is 6.42 Å². The zero-order valence-corrected chi connectivity index (χ0v) is 7.29. The maximum Gasteiger partial charge on any atom is 0.106 e. The van der Waals surface area contributed by atoms with Crippen LogP contribution < -0.4 is 0 Å². The van der Waals surface area contributed by atoms with Crippen LogP contribution in [0.5, 0.6) is 0 Å². The topological polar surface area (TPSA) is 17.1 Å². The third-order valence-corrected chi connectivity index (χ3v) is 0.667. The second-order valence-electron chi connectivity index (χ2n) is 1.86. The van der Waals surface area contributed by atoms with Crippen molar-refractivity contribution in [2.45, 2.75) is 20.3 Å². The quantitative estimate of drug-likeness (QED) is 0.558. The summed E-state index contributed by atoms with van der Waals surface area (Å²) in [6.45, 7) is 6.25. The van der Waals surface area contributed by atoms with Gasteiger partial charge in [-0.15, -0.1) is 0 Å². The summed E-state index contributed by atoms with van der Waals surface area (Å²) in [6.07, 6.45) is 1.25. The molecule has 0 aliphatic rings. The monoisotopic (exact) mass is 152 g/mol. The molecule has 0 radical (unpaired) electrons. The molecule has 0 N–H and O–H groups in total. The molecule has 0 amide bonds. The Balaban J connectivity index is 0. The number of hydrogen-bond acceptors (Lipinski definition) is 1. The van der Waals surface area contributed by atoms with E-state index in [1.807, 2.05) is 43.2 Å². The molecule has 1 aromatic carbocycles. The smallest absolute Gasteiger partial charge is 0.106 e. The summed E-state index contributed by atoms with van der Waals surface area (Å²) >= 11 is 0. The van der Waals surface area contributed by atoms with Crippen LogP contribution in [0.25, 0.3) is 0 Å². The SMILES string of the molecule is C=O.CCC.c1ccccc1. The Morgan fingerprint density at radius 1 is 0.818 bits per heavy atom. The van der Waals surface area contributed by atoms with E-state index >= 15 is 0 Å². The standard InChI is InChI=1S/C6H6.C3H8.CH2O/c1-2-4-6-5-3-1;1-3-2;1-2/h1-6H;3H2,1-2H3;1H2. The van der Waals surface area contributed by atoms with Crippen molar-refractivity contribution in [1.29, 1.82) is 0 Å². The number of carbonyl (C=O) groups is 1. The summed E-state index contributed by atoms with van der Waals surface area (Å²) in [5.74, 6) is 0. The molecular weight excluding hydrogens is 136 g/mol. The van der Waals surface area contributed by atoms with E-state index in [4.69, 9.17) is 4.79 Å². The van der Waals surface area contributed by atoms with Crippen LogP contribution in [0.2, 0.25) is 0 Å². The van der Waals surface area contributed by atoms with Gasteiger partial charge in [0, 0.05) is 0 Å². The lowest BCUT2D eigenvalue weighted by molar-refractivity contribution is -0.0979. The summed E-state index contributed by atoms with van der Waals surface area (Å²) in [5, 5.41) is 0. The van der Waals surface area contributed by atoms with Crippen LogP contribution in [0.15, 0.2) is 36.4 Å². The summed E-state index contributed by atoms with van der Waals surface area (Å²) in [7, 11) is 0. The predicted molar refractivity (Wildman–Crippen MR) is 49.5 cm³/mol. The van der Waals surface area contributed by atoms with Crippen molar-refractivity contribution in [1.82, 2.24) is 0 Å². The minimum Gasteiger partial charge on any atom is -0.307 e. The average molecular weight is 152 g/mol. The van der Waals surface area contributed by atoms with Gasteiger partial charge < -0.3 is 4.79 Å². The number of rotatable bonds is 0. The van der Waals surface area contributed by atoms with Crippen LogP contribution in [0.3, 0.4) is 0 Å². The van der Waals surface area contributed by atoms with Gasteiger partial charge in [-0.2, -0.15) is 0 Å². The van der Waals surface area contributed by atoms with Gasteiger partial charge in [-0.1, -0.05) is 56.7 Å². The highest BCUT2D eigenvalue weighted by Crippen LogP contribution is 1.79. The van der Waals surface area contributed by atoms with Crippen molar-refractivity contribution in [2.75, 3.05) is 0 Å². The predicted octanol–water partition coefficient (Wildman–Crippen LogP) is 2.92. The molecule has 0 aromatic heterocycles. The molecule has 1 rings (SSSR count). The molecule has 62 valence electrons. The fourth-order valence-corrected chi connectivity index (χ4v) is 0.385. The van der Waals surface area contributed by atoms with Crippen molar-refractivity contribution >= 4 is 6.79 Å². The third-order valence-electron chi connectivity index (χ3n) is 0.667. The molecular formula is C10H16O. The summed E-state index contributed by atoms with van der Waals surface area (Å²) < 4.78 is 0. The molecule has 0 bridgehead atoms. The second kappa shape index (κ2) is 16.0. The molecule has 0 fully saturated rings. The normalized spacial score (nSPS) is 6.36. The highest BCUT2D eigenvalue weighted by atomic mass is 16.1. The largest absolute Gasteiger partial charge is 0.307 e. The van der Waals surface area contributed by atoms with Crippen LogP contribution in [0.1, 0.15) is 20.3 Å². The molecule has 0 saturated heterocycles. The Kier molecular flexibility index (Phi) is 18.2. The zero-order chi connectivity index (χ0) is 8.95. The number of carbonyl (C=O) groups excluding carboxylic acids is 1. The average Bonchev–Trinajstić information content (AvgIpc) is 2.12. The summed E-state index contributed by atoms with van der Waals surface area (Å²) in [4.78, 5) is 8.00. The highest BCUT2D eigenvalue weighted by Gasteiger charge is 1.57. The highest BCUT2D eigenvalue weighted by molar-refractivity contribution is 5.11. The Hall–Kier alpha value is -1.11. The molecule has 0 aliphatic heterocycles. The maximum absolute atomic E-state index is 8.00. The summed E-state index contributed by atoms with van der Waals surface area (Å²) in [5.41, 5.74) is 0. The van der Waals surface area contributed by atoms with Gasteiger partial charge >= 0.3 is 0 Å². The van der Waals surface area contributed by atoms with Gasteiger partial charge in [0.05, 0.1) is 0 Å². The van der Waals surface area contributed by atoms with E-state index in [2.05, 4.69) is 13.8 Å². The zero-order valence-electron chi connectivity index (χ0n) is 7.29. The first-order valence-electron chi connectivity index (χ1n) is 3.70. The second-order valence-corrected chi connectivity index (χ2v) is 1.86. The van der Waals surface area contributed by atoms with Gasteiger partial charge in [0.15, 0.2) is 0 Å². The van der Waals surface area contributed by atoms with Crippen molar-refractivity contribution in [3.05, 3.63) is 36.4 Å². The molecule has 0 atom stereocenters. The molecule has 1 heteroatoms. The van der Waals surface area contributed by atoms with Crippen LogP contribution in [-0.2, 0) is 4.79 Å². The molecule has 0 heterocycles. The Labute approximate surface area is 69.1 Å².